The summed E-state index contributed by atoms with van der Waals surface area (Å²) in [6, 6.07) is 0. The highest BCUT2D eigenvalue weighted by atomic mass is 33.1. The molecule has 8 heavy (non-hydrogen) atoms. The molecule has 0 aliphatic rings. The molecule has 0 N–H and O–H groups in total. The summed E-state index contributed by atoms with van der Waals surface area (Å²) >= 11 is 3.90. The molecule has 0 aromatic carbocycles. The molecule has 0 amide bonds. The molecule has 44 valence electrons. The Hall–Kier alpha value is -0.150. The number of aliphatic imine (C=N–C) groups is 1. The maximum atomic E-state index is 3.90. The summed E-state index contributed by atoms with van der Waals surface area (Å²) in [5.41, 5.74) is 0. The molecular formula is C5H7NS2. The largest absolute Gasteiger partial charge is 0.257 e. The predicted molar refractivity (Wildman–Crippen MR) is 44.4 cm³/mol. The Morgan fingerprint density at radius 1 is 1.75 bits per heavy atom. The van der Waals surface area contributed by atoms with Gasteiger partial charge in [-0.15, -0.1) is 11.7 Å². The second-order valence-corrected chi connectivity index (χ2v) is 2.14. The standard InChI is InChI=1S/C5H7NS2/c1-3-4-5(6-2)8-7/h3-4,7H,1-2H2/b5-4+. The second kappa shape index (κ2) is 5.00. The summed E-state index contributed by atoms with van der Waals surface area (Å²) in [6.07, 6.45) is 3.39. The lowest BCUT2D eigenvalue weighted by Crippen LogP contribution is -1.59. The van der Waals surface area contributed by atoms with Gasteiger partial charge in [0.1, 0.15) is 5.03 Å². The van der Waals surface area contributed by atoms with Crippen molar-refractivity contribution in [1.29, 1.82) is 0 Å². The molecule has 0 fully saturated rings. The second-order valence-electron chi connectivity index (χ2n) is 0.990. The van der Waals surface area contributed by atoms with Crippen LogP contribution in [0.5, 0.6) is 0 Å². The molecule has 0 aromatic heterocycles. The zero-order chi connectivity index (χ0) is 6.41. The Bertz CT molecular complexity index is 118. The summed E-state index contributed by atoms with van der Waals surface area (Å²) < 4.78 is 0. The van der Waals surface area contributed by atoms with Crippen molar-refractivity contribution in [3.05, 3.63) is 23.8 Å². The first-order valence-electron chi connectivity index (χ1n) is 1.96. The number of rotatable bonds is 3. The zero-order valence-electron chi connectivity index (χ0n) is 4.37. The van der Waals surface area contributed by atoms with Gasteiger partial charge in [0, 0.05) is 0 Å². The Morgan fingerprint density at radius 3 is 2.50 bits per heavy atom. The third-order valence-electron chi connectivity index (χ3n) is 0.510. The first-order chi connectivity index (χ1) is 3.85. The Morgan fingerprint density at radius 2 is 2.38 bits per heavy atom. The van der Waals surface area contributed by atoms with E-state index < -0.39 is 0 Å². The number of hydrogen-bond acceptors (Lipinski definition) is 3. The quantitative estimate of drug-likeness (QED) is 0.278. The van der Waals surface area contributed by atoms with Crippen LogP contribution in [0.1, 0.15) is 0 Å². The highest BCUT2D eigenvalue weighted by Crippen LogP contribution is 2.19. The molecule has 0 saturated heterocycles. The summed E-state index contributed by atoms with van der Waals surface area (Å²) in [7, 11) is 1.25. The normalized spacial score (nSPS) is 10.9. The summed E-state index contributed by atoms with van der Waals surface area (Å²) in [4.78, 5) is 3.62. The third kappa shape index (κ3) is 2.93. The van der Waals surface area contributed by atoms with Crippen molar-refractivity contribution in [2.75, 3.05) is 0 Å². The summed E-state index contributed by atoms with van der Waals surface area (Å²) in [6.45, 7) is 6.80. The minimum Gasteiger partial charge on any atom is -0.257 e. The van der Waals surface area contributed by atoms with Gasteiger partial charge >= 0.3 is 0 Å². The van der Waals surface area contributed by atoms with Gasteiger partial charge in [0.15, 0.2) is 0 Å². The molecule has 0 bridgehead atoms. The van der Waals surface area contributed by atoms with E-state index in [-0.39, 0.29) is 0 Å². The number of allylic oxidation sites excluding steroid dienone is 2. The molecule has 3 heteroatoms. The van der Waals surface area contributed by atoms with Gasteiger partial charge < -0.3 is 0 Å². The molecule has 0 rings (SSSR count). The Kier molecular flexibility index (Phi) is 4.90. The van der Waals surface area contributed by atoms with E-state index in [4.69, 9.17) is 0 Å². The lowest BCUT2D eigenvalue weighted by atomic mass is 10.6. The van der Waals surface area contributed by atoms with Gasteiger partial charge in [0.25, 0.3) is 0 Å². The van der Waals surface area contributed by atoms with E-state index in [0.717, 1.165) is 5.03 Å². The molecule has 0 saturated carbocycles. The van der Waals surface area contributed by atoms with Crippen LogP contribution in [-0.2, 0) is 0 Å². The van der Waals surface area contributed by atoms with E-state index in [1.54, 1.807) is 12.2 Å². The van der Waals surface area contributed by atoms with Crippen LogP contribution < -0.4 is 0 Å². The highest BCUT2D eigenvalue weighted by molar-refractivity contribution is 8.70. The predicted octanol–water partition coefficient (Wildman–Crippen LogP) is 2.29. The van der Waals surface area contributed by atoms with Crippen LogP contribution in [-0.4, -0.2) is 6.72 Å². The first-order valence-corrected chi connectivity index (χ1v) is 3.83. The van der Waals surface area contributed by atoms with Crippen LogP contribution in [0.25, 0.3) is 0 Å². The van der Waals surface area contributed by atoms with Crippen LogP contribution in [0, 0.1) is 0 Å². The molecule has 0 atom stereocenters. The Labute approximate surface area is 58.4 Å². The van der Waals surface area contributed by atoms with Crippen molar-refractivity contribution >= 4 is 29.2 Å². The average molecular weight is 145 g/mol. The average Bonchev–Trinajstić information content (AvgIpc) is 1.83. The molecule has 0 aliphatic carbocycles. The molecular weight excluding hydrogens is 138 g/mol. The molecule has 0 spiro atoms. The van der Waals surface area contributed by atoms with Crippen molar-refractivity contribution in [3.63, 3.8) is 0 Å². The summed E-state index contributed by atoms with van der Waals surface area (Å²) in [5, 5.41) is 0.767. The van der Waals surface area contributed by atoms with Crippen LogP contribution >= 0.6 is 22.5 Å². The number of hydrogen-bond donors (Lipinski definition) is 1. The number of thiol groups is 1. The van der Waals surface area contributed by atoms with E-state index in [9.17, 15) is 0 Å². The van der Waals surface area contributed by atoms with Crippen molar-refractivity contribution in [3.8, 4) is 0 Å². The fourth-order valence-corrected chi connectivity index (χ4v) is 0.783. The van der Waals surface area contributed by atoms with Gasteiger partial charge in [-0.25, -0.2) is 0 Å². The van der Waals surface area contributed by atoms with Crippen molar-refractivity contribution in [1.82, 2.24) is 0 Å². The molecule has 0 aliphatic heterocycles. The number of nitrogens with zero attached hydrogens (tertiary/aromatic N) is 1. The van der Waals surface area contributed by atoms with Crippen molar-refractivity contribution in [2.45, 2.75) is 0 Å². The summed E-state index contributed by atoms with van der Waals surface area (Å²) in [5.74, 6) is 0. The lowest BCUT2D eigenvalue weighted by Gasteiger charge is -1.86. The van der Waals surface area contributed by atoms with Crippen LogP contribution in [0.15, 0.2) is 28.8 Å². The first kappa shape index (κ1) is 7.85. The van der Waals surface area contributed by atoms with Crippen LogP contribution in [0.2, 0.25) is 0 Å². The smallest absolute Gasteiger partial charge is 0.105 e. The molecule has 0 heterocycles. The lowest BCUT2D eigenvalue weighted by molar-refractivity contribution is 1.57. The SMILES string of the molecule is C=C/C=C(\N=C)SS. The van der Waals surface area contributed by atoms with Crippen LogP contribution in [0.3, 0.4) is 0 Å². The molecule has 1 nitrogen and oxygen atoms in total. The van der Waals surface area contributed by atoms with Crippen molar-refractivity contribution in [2.24, 2.45) is 4.99 Å². The van der Waals surface area contributed by atoms with E-state index in [1.807, 2.05) is 0 Å². The van der Waals surface area contributed by atoms with Gasteiger partial charge in [0.05, 0.1) is 0 Å². The van der Waals surface area contributed by atoms with Gasteiger partial charge in [-0.2, -0.15) is 0 Å². The van der Waals surface area contributed by atoms with Crippen LogP contribution in [0.4, 0.5) is 0 Å². The van der Waals surface area contributed by atoms with E-state index >= 15 is 0 Å². The van der Waals surface area contributed by atoms with Gasteiger partial charge in [-0.1, -0.05) is 12.7 Å². The molecule has 0 aromatic rings. The highest BCUT2D eigenvalue weighted by Gasteiger charge is 1.82. The van der Waals surface area contributed by atoms with E-state index in [1.165, 1.54) is 10.8 Å². The topological polar surface area (TPSA) is 12.4 Å². The minimum atomic E-state index is 0.767. The van der Waals surface area contributed by atoms with Gasteiger partial charge in [0.2, 0.25) is 0 Å². The maximum absolute atomic E-state index is 3.90. The van der Waals surface area contributed by atoms with E-state index in [2.05, 4.69) is 29.9 Å². The third-order valence-corrected chi connectivity index (χ3v) is 1.52. The van der Waals surface area contributed by atoms with Crippen molar-refractivity contribution < 1.29 is 0 Å². The fourth-order valence-electron chi connectivity index (χ4n) is 0.213. The van der Waals surface area contributed by atoms with Gasteiger partial charge in [-0.3, -0.25) is 4.99 Å². The monoisotopic (exact) mass is 145 g/mol. The van der Waals surface area contributed by atoms with E-state index in [0.29, 0.717) is 0 Å². The molecule has 0 unspecified atom stereocenters. The van der Waals surface area contributed by atoms with Gasteiger partial charge in [-0.05, 0) is 23.6 Å². The minimum absolute atomic E-state index is 0.767. The zero-order valence-corrected chi connectivity index (χ0v) is 6.08. The Balaban J connectivity index is 3.84. The fraction of sp³-hybridized carbons (Fsp3) is 0. The molecule has 0 radical (unpaired) electrons. The maximum Gasteiger partial charge on any atom is 0.105 e.